The molecule has 2 rings (SSSR count). The van der Waals surface area contributed by atoms with Gasteiger partial charge in [-0.25, -0.2) is 0 Å². The minimum absolute atomic E-state index is 0.0176. The fraction of sp³-hybridized carbons (Fsp3) is 0.600. The Morgan fingerprint density at radius 1 is 1.40 bits per heavy atom. The van der Waals surface area contributed by atoms with Crippen molar-refractivity contribution in [2.75, 3.05) is 0 Å². The van der Waals surface area contributed by atoms with E-state index in [0.717, 1.165) is 11.5 Å². The van der Waals surface area contributed by atoms with Gasteiger partial charge in [-0.3, -0.25) is 10.1 Å². The van der Waals surface area contributed by atoms with Gasteiger partial charge in [0.25, 0.3) is 5.69 Å². The second kappa shape index (κ2) is 6.55. The Morgan fingerprint density at radius 2 is 2.15 bits per heavy atom. The van der Waals surface area contributed by atoms with Crippen molar-refractivity contribution in [1.29, 1.82) is 0 Å². The molecule has 0 saturated heterocycles. The number of benzene rings is 1. The maximum absolute atomic E-state index is 10.9. The van der Waals surface area contributed by atoms with Crippen LogP contribution >= 0.6 is 11.6 Å². The fourth-order valence-electron chi connectivity index (χ4n) is 2.93. The normalized spacial score (nSPS) is 26.4. The summed E-state index contributed by atoms with van der Waals surface area (Å²) in [7, 11) is 0. The van der Waals surface area contributed by atoms with Crippen molar-refractivity contribution < 1.29 is 4.92 Å². The number of rotatable bonds is 4. The van der Waals surface area contributed by atoms with Crippen molar-refractivity contribution in [3.05, 3.63) is 38.9 Å². The van der Waals surface area contributed by atoms with Gasteiger partial charge < -0.3 is 5.32 Å². The molecule has 1 saturated carbocycles. The highest BCUT2D eigenvalue weighted by molar-refractivity contribution is 6.32. The van der Waals surface area contributed by atoms with Crippen LogP contribution in [0.3, 0.4) is 0 Å². The zero-order valence-corrected chi connectivity index (χ0v) is 12.7. The third-order valence-corrected chi connectivity index (χ3v) is 4.80. The Labute approximate surface area is 124 Å². The Morgan fingerprint density at radius 3 is 2.85 bits per heavy atom. The highest BCUT2D eigenvalue weighted by Crippen LogP contribution is 2.30. The van der Waals surface area contributed by atoms with Gasteiger partial charge in [-0.1, -0.05) is 44.4 Å². The Hall–Kier alpha value is -1.13. The summed E-state index contributed by atoms with van der Waals surface area (Å²) < 4.78 is 0. The quantitative estimate of drug-likeness (QED) is 0.670. The Balaban J connectivity index is 2.00. The van der Waals surface area contributed by atoms with E-state index in [1.807, 2.05) is 6.07 Å². The van der Waals surface area contributed by atoms with E-state index in [2.05, 4.69) is 19.2 Å². The Kier molecular flexibility index (Phi) is 5.00. The first-order valence-electron chi connectivity index (χ1n) is 7.15. The van der Waals surface area contributed by atoms with Crippen LogP contribution in [0.2, 0.25) is 5.02 Å². The second-order valence-electron chi connectivity index (χ2n) is 5.80. The minimum atomic E-state index is -0.433. The molecule has 3 unspecified atom stereocenters. The predicted octanol–water partition coefficient (Wildman–Crippen LogP) is 4.16. The SMILES string of the molecule is CC1CCCC(NCc2ccc(Cl)c([N+](=O)[O-])c2)C1C. The van der Waals surface area contributed by atoms with E-state index in [9.17, 15) is 10.1 Å². The fourth-order valence-corrected chi connectivity index (χ4v) is 3.11. The number of nitrogens with one attached hydrogen (secondary N) is 1. The van der Waals surface area contributed by atoms with Crippen molar-refractivity contribution in [3.63, 3.8) is 0 Å². The summed E-state index contributed by atoms with van der Waals surface area (Å²) in [6, 6.07) is 5.50. The van der Waals surface area contributed by atoms with Gasteiger partial charge in [0.1, 0.15) is 5.02 Å². The van der Waals surface area contributed by atoms with Crippen LogP contribution in [0.5, 0.6) is 0 Å². The second-order valence-corrected chi connectivity index (χ2v) is 6.20. The average Bonchev–Trinajstić information content (AvgIpc) is 2.41. The molecule has 1 aliphatic carbocycles. The van der Waals surface area contributed by atoms with Crippen LogP contribution in [0.25, 0.3) is 0 Å². The maximum atomic E-state index is 10.9. The largest absolute Gasteiger partial charge is 0.310 e. The maximum Gasteiger partial charge on any atom is 0.288 e. The van der Waals surface area contributed by atoms with Crippen molar-refractivity contribution in [1.82, 2.24) is 5.32 Å². The third kappa shape index (κ3) is 3.49. The molecule has 110 valence electrons. The highest BCUT2D eigenvalue weighted by Gasteiger charge is 2.26. The topological polar surface area (TPSA) is 55.2 Å². The third-order valence-electron chi connectivity index (χ3n) is 4.48. The average molecular weight is 297 g/mol. The molecule has 1 aliphatic rings. The van der Waals surface area contributed by atoms with E-state index >= 15 is 0 Å². The summed E-state index contributed by atoms with van der Waals surface area (Å²) in [5, 5.41) is 14.6. The van der Waals surface area contributed by atoms with Crippen molar-refractivity contribution in [2.24, 2.45) is 11.8 Å². The van der Waals surface area contributed by atoms with Gasteiger partial charge in [0.15, 0.2) is 0 Å². The number of hydrogen-bond acceptors (Lipinski definition) is 3. The molecule has 3 atom stereocenters. The first-order valence-corrected chi connectivity index (χ1v) is 7.53. The molecular weight excluding hydrogens is 276 g/mol. The van der Waals surface area contributed by atoms with Gasteiger partial charge in [0.2, 0.25) is 0 Å². The van der Waals surface area contributed by atoms with Crippen LogP contribution < -0.4 is 5.32 Å². The van der Waals surface area contributed by atoms with Crippen LogP contribution in [0.4, 0.5) is 5.69 Å². The van der Waals surface area contributed by atoms with Gasteiger partial charge in [-0.05, 0) is 29.9 Å². The van der Waals surface area contributed by atoms with E-state index in [0.29, 0.717) is 18.5 Å². The number of nitrogens with zero attached hydrogens (tertiary/aromatic N) is 1. The molecule has 0 aromatic heterocycles. The van der Waals surface area contributed by atoms with Crippen molar-refractivity contribution >= 4 is 17.3 Å². The van der Waals surface area contributed by atoms with Gasteiger partial charge >= 0.3 is 0 Å². The number of nitro groups is 1. The van der Waals surface area contributed by atoms with Gasteiger partial charge in [-0.15, -0.1) is 0 Å². The molecule has 1 aromatic carbocycles. The summed E-state index contributed by atoms with van der Waals surface area (Å²) in [6.45, 7) is 5.23. The standard InChI is InChI=1S/C15H21ClN2O2/c1-10-4-3-5-14(11(10)2)17-9-12-6-7-13(16)15(8-12)18(19)20/h6-8,10-11,14,17H,3-5,9H2,1-2H3. The zero-order chi connectivity index (χ0) is 14.7. The molecule has 0 spiro atoms. The monoisotopic (exact) mass is 296 g/mol. The number of halogens is 1. The van der Waals surface area contributed by atoms with Crippen molar-refractivity contribution in [2.45, 2.75) is 45.7 Å². The molecule has 0 heterocycles. The Bertz CT molecular complexity index is 493. The van der Waals surface area contributed by atoms with E-state index in [1.54, 1.807) is 12.1 Å². The first-order chi connectivity index (χ1) is 9.49. The van der Waals surface area contributed by atoms with Crippen molar-refractivity contribution in [3.8, 4) is 0 Å². The van der Waals surface area contributed by atoms with Crippen LogP contribution in [0, 0.1) is 22.0 Å². The lowest BCUT2D eigenvalue weighted by atomic mass is 9.78. The molecule has 0 amide bonds. The van der Waals surface area contributed by atoms with Gasteiger partial charge in [0, 0.05) is 18.7 Å². The molecule has 20 heavy (non-hydrogen) atoms. The lowest BCUT2D eigenvalue weighted by Crippen LogP contribution is -2.40. The first kappa shape index (κ1) is 15.3. The molecule has 5 heteroatoms. The smallest absolute Gasteiger partial charge is 0.288 e. The lowest BCUT2D eigenvalue weighted by molar-refractivity contribution is -0.384. The summed E-state index contributed by atoms with van der Waals surface area (Å²) in [5.74, 6) is 1.38. The van der Waals surface area contributed by atoms with Gasteiger partial charge in [-0.2, -0.15) is 0 Å². The van der Waals surface area contributed by atoms with E-state index in [1.165, 1.54) is 19.3 Å². The van der Waals surface area contributed by atoms with E-state index < -0.39 is 4.92 Å². The summed E-state index contributed by atoms with van der Waals surface area (Å²) >= 11 is 5.82. The highest BCUT2D eigenvalue weighted by atomic mass is 35.5. The predicted molar refractivity (Wildman–Crippen MR) is 80.9 cm³/mol. The lowest BCUT2D eigenvalue weighted by Gasteiger charge is -2.34. The number of hydrogen-bond donors (Lipinski definition) is 1. The van der Waals surface area contributed by atoms with E-state index in [4.69, 9.17) is 11.6 Å². The summed E-state index contributed by atoms with van der Waals surface area (Å²) in [6.07, 6.45) is 3.73. The molecule has 1 N–H and O–H groups in total. The molecule has 4 nitrogen and oxygen atoms in total. The van der Waals surface area contributed by atoms with Gasteiger partial charge in [0.05, 0.1) is 4.92 Å². The molecule has 0 aliphatic heterocycles. The number of nitro benzene ring substituents is 1. The molecule has 1 aromatic rings. The minimum Gasteiger partial charge on any atom is -0.310 e. The van der Waals surface area contributed by atoms with Crippen LogP contribution in [-0.2, 0) is 6.54 Å². The molecule has 0 bridgehead atoms. The van der Waals surface area contributed by atoms with Crippen LogP contribution in [0.15, 0.2) is 18.2 Å². The van der Waals surface area contributed by atoms with E-state index in [-0.39, 0.29) is 10.7 Å². The molecule has 0 radical (unpaired) electrons. The van der Waals surface area contributed by atoms with Crippen LogP contribution in [0.1, 0.15) is 38.7 Å². The summed E-state index contributed by atoms with van der Waals surface area (Å²) in [4.78, 5) is 10.4. The molecular formula is C15H21ClN2O2. The summed E-state index contributed by atoms with van der Waals surface area (Å²) in [5.41, 5.74) is 0.891. The molecule has 1 fully saturated rings. The van der Waals surface area contributed by atoms with Crippen LogP contribution in [-0.4, -0.2) is 11.0 Å². The zero-order valence-electron chi connectivity index (χ0n) is 11.9.